The third-order valence-electron chi connectivity index (χ3n) is 2.39. The fourth-order valence-corrected chi connectivity index (χ4v) is 1.70. The Morgan fingerprint density at radius 1 is 1.19 bits per heavy atom. The molecule has 0 saturated heterocycles. The molecular formula is C12H12F2N2. The Morgan fingerprint density at radius 3 is 2.50 bits per heavy atom. The number of imidazole rings is 1. The summed E-state index contributed by atoms with van der Waals surface area (Å²) in [5.74, 6) is -0.189. The van der Waals surface area contributed by atoms with Crippen LogP contribution in [-0.4, -0.2) is 9.55 Å². The molecule has 0 aliphatic heterocycles. The minimum absolute atomic E-state index is 0.442. The predicted octanol–water partition coefficient (Wildman–Crippen LogP) is 2.77. The number of hydrogen-bond donors (Lipinski definition) is 0. The summed E-state index contributed by atoms with van der Waals surface area (Å²) in [5, 5.41) is 0. The van der Waals surface area contributed by atoms with E-state index in [4.69, 9.17) is 0 Å². The summed E-state index contributed by atoms with van der Waals surface area (Å²) in [4.78, 5) is 4.15. The van der Waals surface area contributed by atoms with Gasteiger partial charge in [0.25, 0.3) is 0 Å². The van der Waals surface area contributed by atoms with Crippen LogP contribution < -0.4 is 0 Å². The van der Waals surface area contributed by atoms with Gasteiger partial charge in [-0.3, -0.25) is 0 Å². The molecule has 0 radical (unpaired) electrons. The van der Waals surface area contributed by atoms with E-state index in [1.165, 1.54) is 12.1 Å². The van der Waals surface area contributed by atoms with Crippen LogP contribution in [0.2, 0.25) is 0 Å². The quantitative estimate of drug-likeness (QED) is 0.780. The standard InChI is InChI=1S/C12H12F2N2/c1-2-12-15-3-4-16(12)8-9-5-10(13)7-11(14)6-9/h3-7H,2,8H2,1H3. The van der Waals surface area contributed by atoms with E-state index in [-0.39, 0.29) is 0 Å². The maximum Gasteiger partial charge on any atom is 0.126 e. The molecule has 16 heavy (non-hydrogen) atoms. The summed E-state index contributed by atoms with van der Waals surface area (Å²) in [5.41, 5.74) is 0.602. The Labute approximate surface area is 92.6 Å². The van der Waals surface area contributed by atoms with Crippen molar-refractivity contribution in [3.63, 3.8) is 0 Å². The Bertz CT molecular complexity index is 471. The minimum atomic E-state index is -0.548. The summed E-state index contributed by atoms with van der Waals surface area (Å²) in [6.45, 7) is 2.43. The predicted molar refractivity (Wildman–Crippen MR) is 57.1 cm³/mol. The van der Waals surface area contributed by atoms with Gasteiger partial charge in [-0.15, -0.1) is 0 Å². The molecule has 0 bridgehead atoms. The van der Waals surface area contributed by atoms with Crippen LogP contribution in [0.15, 0.2) is 30.6 Å². The number of aromatic nitrogens is 2. The lowest BCUT2D eigenvalue weighted by Crippen LogP contribution is -2.04. The molecule has 2 nitrogen and oxygen atoms in total. The Kier molecular flexibility index (Phi) is 2.99. The van der Waals surface area contributed by atoms with Gasteiger partial charge >= 0.3 is 0 Å². The molecule has 0 saturated carbocycles. The van der Waals surface area contributed by atoms with E-state index in [1.54, 1.807) is 6.20 Å². The normalized spacial score (nSPS) is 10.7. The molecule has 0 aliphatic carbocycles. The van der Waals surface area contributed by atoms with Crippen LogP contribution in [0.1, 0.15) is 18.3 Å². The molecule has 0 N–H and O–H groups in total. The number of hydrogen-bond acceptors (Lipinski definition) is 1. The van der Waals surface area contributed by atoms with E-state index in [1.807, 2.05) is 17.7 Å². The topological polar surface area (TPSA) is 17.8 Å². The molecule has 84 valence electrons. The third kappa shape index (κ3) is 2.27. The number of nitrogens with zero attached hydrogens (tertiary/aromatic N) is 2. The Hall–Kier alpha value is -1.71. The van der Waals surface area contributed by atoms with E-state index < -0.39 is 11.6 Å². The van der Waals surface area contributed by atoms with Gasteiger partial charge in [0.2, 0.25) is 0 Å². The summed E-state index contributed by atoms with van der Waals surface area (Å²) >= 11 is 0. The zero-order valence-corrected chi connectivity index (χ0v) is 8.95. The van der Waals surface area contributed by atoms with Gasteiger partial charge in [0.1, 0.15) is 17.5 Å². The summed E-state index contributed by atoms with van der Waals surface area (Å²) in [6, 6.07) is 3.54. The van der Waals surface area contributed by atoms with Crippen molar-refractivity contribution in [1.82, 2.24) is 9.55 Å². The highest BCUT2D eigenvalue weighted by atomic mass is 19.1. The maximum absolute atomic E-state index is 13.0. The van der Waals surface area contributed by atoms with Crippen LogP contribution >= 0.6 is 0 Å². The maximum atomic E-state index is 13.0. The number of halogens is 2. The fraction of sp³-hybridized carbons (Fsp3) is 0.250. The van der Waals surface area contributed by atoms with Gasteiger partial charge in [-0.25, -0.2) is 13.8 Å². The first-order valence-corrected chi connectivity index (χ1v) is 5.14. The first kappa shape index (κ1) is 10.8. The van der Waals surface area contributed by atoms with Crippen molar-refractivity contribution >= 4 is 0 Å². The van der Waals surface area contributed by atoms with Crippen LogP contribution in [0.3, 0.4) is 0 Å². The van der Waals surface area contributed by atoms with Crippen molar-refractivity contribution in [3.05, 3.63) is 53.6 Å². The average molecular weight is 222 g/mol. The molecule has 0 fully saturated rings. The smallest absolute Gasteiger partial charge is 0.126 e. The molecule has 1 aromatic carbocycles. The molecular weight excluding hydrogens is 210 g/mol. The first-order chi connectivity index (χ1) is 7.69. The van der Waals surface area contributed by atoms with Gasteiger partial charge in [0.05, 0.1) is 0 Å². The van der Waals surface area contributed by atoms with Crippen molar-refractivity contribution in [3.8, 4) is 0 Å². The molecule has 0 amide bonds. The zero-order valence-electron chi connectivity index (χ0n) is 8.95. The van der Waals surface area contributed by atoms with Crippen LogP contribution in [0.25, 0.3) is 0 Å². The van der Waals surface area contributed by atoms with Crippen molar-refractivity contribution < 1.29 is 8.78 Å². The lowest BCUT2D eigenvalue weighted by atomic mass is 10.2. The van der Waals surface area contributed by atoms with Crippen molar-refractivity contribution in [2.75, 3.05) is 0 Å². The summed E-state index contributed by atoms with van der Waals surface area (Å²) < 4.78 is 27.8. The SMILES string of the molecule is CCc1nccn1Cc1cc(F)cc(F)c1. The van der Waals surface area contributed by atoms with Gasteiger partial charge in [-0.05, 0) is 17.7 Å². The van der Waals surface area contributed by atoms with E-state index in [2.05, 4.69) is 4.98 Å². The third-order valence-corrected chi connectivity index (χ3v) is 2.39. The number of benzene rings is 1. The minimum Gasteiger partial charge on any atom is -0.331 e. The van der Waals surface area contributed by atoms with Crippen LogP contribution in [-0.2, 0) is 13.0 Å². The zero-order chi connectivity index (χ0) is 11.5. The highest BCUT2D eigenvalue weighted by molar-refractivity contribution is 5.18. The van der Waals surface area contributed by atoms with Crippen molar-refractivity contribution in [2.45, 2.75) is 19.9 Å². The molecule has 4 heteroatoms. The van der Waals surface area contributed by atoms with E-state index >= 15 is 0 Å². The molecule has 0 unspecified atom stereocenters. The van der Waals surface area contributed by atoms with Crippen LogP contribution in [0, 0.1) is 11.6 Å². The lowest BCUT2D eigenvalue weighted by Gasteiger charge is -2.06. The second-order valence-corrected chi connectivity index (χ2v) is 3.60. The van der Waals surface area contributed by atoms with Gasteiger partial charge in [0, 0.05) is 31.4 Å². The average Bonchev–Trinajstić information content (AvgIpc) is 2.63. The molecule has 2 aromatic rings. The van der Waals surface area contributed by atoms with Gasteiger partial charge < -0.3 is 4.57 Å². The van der Waals surface area contributed by atoms with Crippen molar-refractivity contribution in [2.24, 2.45) is 0 Å². The monoisotopic (exact) mass is 222 g/mol. The van der Waals surface area contributed by atoms with Gasteiger partial charge in [-0.1, -0.05) is 6.92 Å². The van der Waals surface area contributed by atoms with E-state index in [9.17, 15) is 8.78 Å². The highest BCUT2D eigenvalue weighted by Gasteiger charge is 2.04. The molecule has 2 rings (SSSR count). The highest BCUT2D eigenvalue weighted by Crippen LogP contribution is 2.11. The molecule has 1 aromatic heterocycles. The lowest BCUT2D eigenvalue weighted by molar-refractivity contribution is 0.576. The Morgan fingerprint density at radius 2 is 1.88 bits per heavy atom. The molecule has 0 spiro atoms. The first-order valence-electron chi connectivity index (χ1n) is 5.14. The summed E-state index contributed by atoms with van der Waals surface area (Å²) in [7, 11) is 0. The number of aryl methyl sites for hydroxylation is 1. The van der Waals surface area contributed by atoms with Crippen LogP contribution in [0.4, 0.5) is 8.78 Å². The Balaban J connectivity index is 2.26. The van der Waals surface area contributed by atoms with Gasteiger partial charge in [0.15, 0.2) is 0 Å². The largest absolute Gasteiger partial charge is 0.331 e. The second-order valence-electron chi connectivity index (χ2n) is 3.60. The van der Waals surface area contributed by atoms with Gasteiger partial charge in [-0.2, -0.15) is 0 Å². The van der Waals surface area contributed by atoms with E-state index in [0.29, 0.717) is 12.1 Å². The fourth-order valence-electron chi connectivity index (χ4n) is 1.70. The van der Waals surface area contributed by atoms with E-state index in [0.717, 1.165) is 18.3 Å². The van der Waals surface area contributed by atoms with Crippen molar-refractivity contribution in [1.29, 1.82) is 0 Å². The molecule has 1 heterocycles. The number of rotatable bonds is 3. The molecule has 0 atom stereocenters. The summed E-state index contributed by atoms with van der Waals surface area (Å²) in [6.07, 6.45) is 4.29. The molecule has 0 aliphatic rings. The second kappa shape index (κ2) is 4.43. The van der Waals surface area contributed by atoms with Crippen LogP contribution in [0.5, 0.6) is 0 Å².